The summed E-state index contributed by atoms with van der Waals surface area (Å²) in [6.07, 6.45) is 7.22. The molecule has 1 heterocycles. The van der Waals surface area contributed by atoms with Gasteiger partial charge in [0.1, 0.15) is 18.7 Å². The molecule has 0 amide bonds. The van der Waals surface area contributed by atoms with E-state index in [1.54, 1.807) is 6.33 Å². The van der Waals surface area contributed by atoms with Gasteiger partial charge >= 0.3 is 5.97 Å². The standard InChI is InChI=1S/C14H21N3O2/c1-3-17(9-13(18)19-2)14-11-7-5-4-6-8-12(11)15-10-16-14/h10H,3-9H2,1-2H3. The molecule has 0 fully saturated rings. The Morgan fingerprint density at radius 1 is 1.32 bits per heavy atom. The molecule has 0 spiro atoms. The van der Waals surface area contributed by atoms with E-state index in [0.717, 1.165) is 30.9 Å². The number of nitrogens with zero attached hydrogens (tertiary/aromatic N) is 3. The molecule has 0 saturated carbocycles. The number of carbonyl (C=O) groups excluding carboxylic acids is 1. The third-order valence-electron chi connectivity index (χ3n) is 3.58. The number of hydrogen-bond acceptors (Lipinski definition) is 5. The van der Waals surface area contributed by atoms with Crippen LogP contribution in [-0.2, 0) is 22.4 Å². The number of rotatable bonds is 4. The van der Waals surface area contributed by atoms with Crippen LogP contribution < -0.4 is 4.90 Å². The zero-order valence-corrected chi connectivity index (χ0v) is 11.7. The predicted octanol–water partition coefficient (Wildman–Crippen LogP) is 1.74. The second kappa shape index (κ2) is 6.50. The first-order valence-corrected chi connectivity index (χ1v) is 6.90. The minimum absolute atomic E-state index is 0.233. The molecule has 0 radical (unpaired) electrons. The zero-order chi connectivity index (χ0) is 13.7. The monoisotopic (exact) mass is 263 g/mol. The lowest BCUT2D eigenvalue weighted by Gasteiger charge is -2.23. The van der Waals surface area contributed by atoms with E-state index in [-0.39, 0.29) is 12.5 Å². The zero-order valence-electron chi connectivity index (χ0n) is 11.7. The van der Waals surface area contributed by atoms with Gasteiger partial charge in [-0.3, -0.25) is 4.79 Å². The summed E-state index contributed by atoms with van der Waals surface area (Å²) in [4.78, 5) is 22.3. The largest absolute Gasteiger partial charge is 0.468 e. The maximum atomic E-state index is 11.5. The Hall–Kier alpha value is -1.65. The fourth-order valence-electron chi connectivity index (χ4n) is 2.51. The first kappa shape index (κ1) is 13.8. The van der Waals surface area contributed by atoms with E-state index in [2.05, 4.69) is 9.97 Å². The highest BCUT2D eigenvalue weighted by atomic mass is 16.5. The van der Waals surface area contributed by atoms with Crippen molar-refractivity contribution >= 4 is 11.8 Å². The Labute approximate surface area is 114 Å². The SMILES string of the molecule is CCN(CC(=O)OC)c1ncnc2c1CCCCC2. The van der Waals surface area contributed by atoms with E-state index >= 15 is 0 Å². The smallest absolute Gasteiger partial charge is 0.325 e. The number of carbonyl (C=O) groups is 1. The predicted molar refractivity (Wildman–Crippen MR) is 73.2 cm³/mol. The number of ether oxygens (including phenoxy) is 1. The van der Waals surface area contributed by atoms with E-state index in [1.165, 1.54) is 31.9 Å². The second-order valence-electron chi connectivity index (χ2n) is 4.77. The van der Waals surface area contributed by atoms with Gasteiger partial charge in [-0.1, -0.05) is 6.42 Å². The van der Waals surface area contributed by atoms with Gasteiger partial charge in [0, 0.05) is 17.8 Å². The number of anilines is 1. The summed E-state index contributed by atoms with van der Waals surface area (Å²) in [5, 5.41) is 0. The van der Waals surface area contributed by atoms with Crippen LogP contribution in [0, 0.1) is 0 Å². The van der Waals surface area contributed by atoms with Crippen LogP contribution in [0.2, 0.25) is 0 Å². The molecule has 0 aromatic carbocycles. The average molecular weight is 263 g/mol. The van der Waals surface area contributed by atoms with Crippen molar-refractivity contribution in [3.63, 3.8) is 0 Å². The molecule has 1 aliphatic rings. The highest BCUT2D eigenvalue weighted by molar-refractivity contribution is 5.75. The van der Waals surface area contributed by atoms with E-state index in [1.807, 2.05) is 11.8 Å². The lowest BCUT2D eigenvalue weighted by atomic mass is 10.1. The Morgan fingerprint density at radius 3 is 2.84 bits per heavy atom. The molecular formula is C14H21N3O2. The Balaban J connectivity index is 2.29. The number of aryl methyl sites for hydroxylation is 1. The molecule has 104 valence electrons. The maximum Gasteiger partial charge on any atom is 0.325 e. The van der Waals surface area contributed by atoms with Crippen molar-refractivity contribution in [2.24, 2.45) is 0 Å². The molecule has 0 aliphatic heterocycles. The van der Waals surface area contributed by atoms with Crippen LogP contribution in [0.5, 0.6) is 0 Å². The summed E-state index contributed by atoms with van der Waals surface area (Å²) in [5.41, 5.74) is 2.36. The number of esters is 1. The summed E-state index contributed by atoms with van der Waals surface area (Å²) in [5.74, 6) is 0.669. The summed E-state index contributed by atoms with van der Waals surface area (Å²) < 4.78 is 4.75. The molecule has 1 aromatic rings. The van der Waals surface area contributed by atoms with Crippen molar-refractivity contribution in [1.82, 2.24) is 9.97 Å². The number of methoxy groups -OCH3 is 1. The fourth-order valence-corrected chi connectivity index (χ4v) is 2.51. The minimum atomic E-state index is -0.233. The van der Waals surface area contributed by atoms with Crippen LogP contribution in [0.4, 0.5) is 5.82 Å². The summed E-state index contributed by atoms with van der Waals surface area (Å²) in [6, 6.07) is 0. The van der Waals surface area contributed by atoms with Gasteiger partial charge in [-0.2, -0.15) is 0 Å². The Kier molecular flexibility index (Phi) is 4.71. The summed E-state index contributed by atoms with van der Waals surface area (Å²) >= 11 is 0. The summed E-state index contributed by atoms with van der Waals surface area (Å²) in [6.45, 7) is 3.00. The van der Waals surface area contributed by atoms with E-state index < -0.39 is 0 Å². The number of likely N-dealkylation sites (N-methyl/N-ethyl adjacent to an activating group) is 1. The van der Waals surface area contributed by atoms with Crippen molar-refractivity contribution in [1.29, 1.82) is 0 Å². The first-order chi connectivity index (χ1) is 9.26. The summed E-state index contributed by atoms with van der Waals surface area (Å²) in [7, 11) is 1.41. The van der Waals surface area contributed by atoms with Gasteiger partial charge in [0.25, 0.3) is 0 Å². The van der Waals surface area contributed by atoms with Crippen molar-refractivity contribution in [2.75, 3.05) is 25.1 Å². The third-order valence-corrected chi connectivity index (χ3v) is 3.58. The molecule has 0 bridgehead atoms. The highest BCUT2D eigenvalue weighted by Crippen LogP contribution is 2.26. The van der Waals surface area contributed by atoms with Gasteiger partial charge in [0.2, 0.25) is 0 Å². The van der Waals surface area contributed by atoms with Gasteiger partial charge in [-0.15, -0.1) is 0 Å². The molecule has 5 heteroatoms. The third kappa shape index (κ3) is 3.22. The highest BCUT2D eigenvalue weighted by Gasteiger charge is 2.19. The molecule has 2 rings (SSSR count). The quantitative estimate of drug-likeness (QED) is 0.612. The minimum Gasteiger partial charge on any atom is -0.468 e. The maximum absolute atomic E-state index is 11.5. The molecule has 1 aromatic heterocycles. The van der Waals surface area contributed by atoms with Crippen molar-refractivity contribution in [2.45, 2.75) is 39.0 Å². The molecule has 5 nitrogen and oxygen atoms in total. The van der Waals surface area contributed by atoms with Crippen LogP contribution in [-0.4, -0.2) is 36.1 Å². The van der Waals surface area contributed by atoms with E-state index in [9.17, 15) is 4.79 Å². The molecule has 1 aliphatic carbocycles. The van der Waals surface area contributed by atoms with Crippen molar-refractivity contribution < 1.29 is 9.53 Å². The van der Waals surface area contributed by atoms with E-state index in [0.29, 0.717) is 0 Å². The average Bonchev–Trinajstić information content (AvgIpc) is 2.69. The molecule has 0 unspecified atom stereocenters. The van der Waals surface area contributed by atoms with Crippen LogP contribution in [0.1, 0.15) is 37.4 Å². The van der Waals surface area contributed by atoms with Gasteiger partial charge in [-0.05, 0) is 32.6 Å². The number of hydrogen-bond donors (Lipinski definition) is 0. The van der Waals surface area contributed by atoms with Gasteiger partial charge in [-0.25, -0.2) is 9.97 Å². The Bertz CT molecular complexity index is 448. The molecule has 0 atom stereocenters. The van der Waals surface area contributed by atoms with Crippen LogP contribution >= 0.6 is 0 Å². The Morgan fingerprint density at radius 2 is 2.11 bits per heavy atom. The normalized spacial score (nSPS) is 14.4. The van der Waals surface area contributed by atoms with Gasteiger partial charge < -0.3 is 9.64 Å². The fraction of sp³-hybridized carbons (Fsp3) is 0.643. The van der Waals surface area contributed by atoms with Crippen LogP contribution in [0.3, 0.4) is 0 Å². The first-order valence-electron chi connectivity index (χ1n) is 6.90. The topological polar surface area (TPSA) is 55.3 Å². The van der Waals surface area contributed by atoms with Crippen LogP contribution in [0.15, 0.2) is 6.33 Å². The van der Waals surface area contributed by atoms with Crippen molar-refractivity contribution in [3.8, 4) is 0 Å². The second-order valence-corrected chi connectivity index (χ2v) is 4.77. The van der Waals surface area contributed by atoms with Crippen LogP contribution in [0.25, 0.3) is 0 Å². The lowest BCUT2D eigenvalue weighted by Crippen LogP contribution is -2.32. The van der Waals surface area contributed by atoms with Gasteiger partial charge in [0.05, 0.1) is 7.11 Å². The molecule has 19 heavy (non-hydrogen) atoms. The van der Waals surface area contributed by atoms with Crippen molar-refractivity contribution in [3.05, 3.63) is 17.6 Å². The van der Waals surface area contributed by atoms with E-state index in [4.69, 9.17) is 4.74 Å². The molecular weight excluding hydrogens is 242 g/mol. The number of fused-ring (bicyclic) bond motifs is 1. The lowest BCUT2D eigenvalue weighted by molar-refractivity contribution is -0.138. The molecule has 0 saturated heterocycles. The van der Waals surface area contributed by atoms with Gasteiger partial charge in [0.15, 0.2) is 0 Å². The number of aromatic nitrogens is 2. The molecule has 0 N–H and O–H groups in total.